The minimum atomic E-state index is -0.638. The van der Waals surface area contributed by atoms with Gasteiger partial charge in [-0.3, -0.25) is 4.79 Å². The topological polar surface area (TPSA) is 35.5 Å². The third-order valence-corrected chi connectivity index (χ3v) is 3.23. The molecule has 0 aromatic heterocycles. The van der Waals surface area contributed by atoms with Crippen LogP contribution in [0, 0.1) is 5.82 Å². The van der Waals surface area contributed by atoms with Gasteiger partial charge in [-0.15, -0.1) is 0 Å². The largest absolute Gasteiger partial charge is 0.467 e. The summed E-state index contributed by atoms with van der Waals surface area (Å²) in [6.45, 7) is 0.326. The zero-order valence-electron chi connectivity index (χ0n) is 10.5. The van der Waals surface area contributed by atoms with Crippen LogP contribution < -0.4 is 4.74 Å². The molecular formula is C15H12BrFO3. The minimum absolute atomic E-state index is 0.0587. The molecule has 0 atom stereocenters. The molecule has 0 radical (unpaired) electrons. The van der Waals surface area contributed by atoms with Gasteiger partial charge in [0.2, 0.25) is 0 Å². The lowest BCUT2D eigenvalue weighted by Crippen LogP contribution is -2.05. The Morgan fingerprint density at radius 3 is 2.60 bits per heavy atom. The third-order valence-electron chi connectivity index (χ3n) is 2.62. The first kappa shape index (κ1) is 14.7. The number of ether oxygens (including phenoxy) is 2. The summed E-state index contributed by atoms with van der Waals surface area (Å²) < 4.78 is 24.4. The first-order valence-corrected chi connectivity index (χ1v) is 6.69. The number of hydrogen-bond donors (Lipinski definition) is 0. The molecule has 0 aliphatic heterocycles. The van der Waals surface area contributed by atoms with Gasteiger partial charge in [-0.2, -0.15) is 0 Å². The van der Waals surface area contributed by atoms with Gasteiger partial charge in [-0.05, 0) is 33.6 Å². The van der Waals surface area contributed by atoms with Crippen LogP contribution in [0.2, 0.25) is 0 Å². The number of rotatable bonds is 6. The lowest BCUT2D eigenvalue weighted by molar-refractivity contribution is 0.00460. The van der Waals surface area contributed by atoms with E-state index >= 15 is 0 Å². The predicted molar refractivity (Wildman–Crippen MR) is 76.2 cm³/mol. The molecule has 104 valence electrons. The normalized spacial score (nSPS) is 10.3. The molecule has 0 unspecified atom stereocenters. The highest BCUT2D eigenvalue weighted by Crippen LogP contribution is 2.26. The van der Waals surface area contributed by atoms with Crippen LogP contribution >= 0.6 is 15.9 Å². The first-order chi connectivity index (χ1) is 9.72. The smallest absolute Gasteiger partial charge is 0.189 e. The molecule has 5 heteroatoms. The molecule has 2 aromatic carbocycles. The molecule has 0 aliphatic rings. The van der Waals surface area contributed by atoms with Gasteiger partial charge in [0.25, 0.3) is 0 Å². The average molecular weight is 339 g/mol. The molecule has 0 fully saturated rings. The molecule has 0 N–H and O–H groups in total. The quantitative estimate of drug-likeness (QED) is 0.454. The SMILES string of the molecule is O=Cc1c(OCOCc2ccccc2)ccc(Br)c1F. The molecule has 0 heterocycles. The van der Waals surface area contributed by atoms with Gasteiger partial charge in [0.05, 0.1) is 16.6 Å². The fourth-order valence-corrected chi connectivity index (χ4v) is 1.97. The molecule has 0 spiro atoms. The molecule has 2 aromatic rings. The number of halogens is 2. The van der Waals surface area contributed by atoms with E-state index in [1.165, 1.54) is 12.1 Å². The van der Waals surface area contributed by atoms with Crippen LogP contribution in [0.4, 0.5) is 4.39 Å². The monoisotopic (exact) mass is 338 g/mol. The second-order valence-corrected chi connectivity index (χ2v) is 4.84. The highest BCUT2D eigenvalue weighted by molar-refractivity contribution is 9.10. The van der Waals surface area contributed by atoms with E-state index in [1.54, 1.807) is 0 Å². The van der Waals surface area contributed by atoms with Crippen molar-refractivity contribution in [1.82, 2.24) is 0 Å². The fourth-order valence-electron chi connectivity index (χ4n) is 1.62. The van der Waals surface area contributed by atoms with Crippen LogP contribution in [0.1, 0.15) is 15.9 Å². The fraction of sp³-hybridized carbons (Fsp3) is 0.133. The minimum Gasteiger partial charge on any atom is -0.467 e. The Hall–Kier alpha value is -1.72. The van der Waals surface area contributed by atoms with E-state index in [9.17, 15) is 9.18 Å². The van der Waals surface area contributed by atoms with Gasteiger partial charge in [-0.1, -0.05) is 30.3 Å². The second kappa shape index (κ2) is 7.17. The summed E-state index contributed by atoms with van der Waals surface area (Å²) in [5, 5.41) is 0. The van der Waals surface area contributed by atoms with Crippen LogP contribution in [-0.4, -0.2) is 13.1 Å². The van der Waals surface area contributed by atoms with E-state index < -0.39 is 5.82 Å². The number of carbonyl (C=O) groups excluding carboxylic acids is 1. The highest BCUT2D eigenvalue weighted by atomic mass is 79.9. The van der Waals surface area contributed by atoms with Crippen molar-refractivity contribution in [3.05, 3.63) is 63.9 Å². The van der Waals surface area contributed by atoms with Gasteiger partial charge in [0.15, 0.2) is 18.9 Å². The molecule has 0 saturated carbocycles. The van der Waals surface area contributed by atoms with Gasteiger partial charge < -0.3 is 9.47 Å². The Balaban J connectivity index is 1.91. The Labute approximate surface area is 124 Å². The third kappa shape index (κ3) is 3.65. The number of aldehydes is 1. The van der Waals surface area contributed by atoms with E-state index in [4.69, 9.17) is 9.47 Å². The molecule has 20 heavy (non-hydrogen) atoms. The molecule has 3 nitrogen and oxygen atoms in total. The van der Waals surface area contributed by atoms with E-state index in [0.717, 1.165) is 5.56 Å². The Morgan fingerprint density at radius 1 is 1.15 bits per heavy atom. The van der Waals surface area contributed by atoms with Crippen LogP contribution in [0.15, 0.2) is 46.9 Å². The zero-order valence-corrected chi connectivity index (χ0v) is 12.1. The van der Waals surface area contributed by atoms with Gasteiger partial charge in [-0.25, -0.2) is 4.39 Å². The molecule has 0 amide bonds. The molecule has 0 aliphatic carbocycles. The second-order valence-electron chi connectivity index (χ2n) is 3.99. The maximum atomic E-state index is 13.6. The summed E-state index contributed by atoms with van der Waals surface area (Å²) in [6.07, 6.45) is 0.423. The van der Waals surface area contributed by atoms with Crippen molar-refractivity contribution < 1.29 is 18.7 Å². The summed E-state index contributed by atoms with van der Waals surface area (Å²) in [4.78, 5) is 10.9. The average Bonchev–Trinajstić information content (AvgIpc) is 2.48. The molecule has 2 rings (SSSR count). The Bertz CT molecular complexity index is 587. The Kier molecular flexibility index (Phi) is 5.26. The summed E-state index contributed by atoms with van der Waals surface area (Å²) >= 11 is 3.01. The van der Waals surface area contributed by atoms with Crippen LogP contribution in [0.25, 0.3) is 0 Å². The van der Waals surface area contributed by atoms with E-state index in [-0.39, 0.29) is 22.6 Å². The number of hydrogen-bond acceptors (Lipinski definition) is 3. The Morgan fingerprint density at radius 2 is 1.90 bits per heavy atom. The molecular weight excluding hydrogens is 327 g/mol. The maximum Gasteiger partial charge on any atom is 0.189 e. The van der Waals surface area contributed by atoms with E-state index in [1.807, 2.05) is 30.3 Å². The first-order valence-electron chi connectivity index (χ1n) is 5.90. The van der Waals surface area contributed by atoms with Crippen molar-refractivity contribution in [1.29, 1.82) is 0 Å². The molecule has 0 bridgehead atoms. The van der Waals surface area contributed by atoms with Gasteiger partial charge >= 0.3 is 0 Å². The molecule has 0 saturated heterocycles. The van der Waals surface area contributed by atoms with E-state index in [2.05, 4.69) is 15.9 Å². The van der Waals surface area contributed by atoms with Crippen molar-refractivity contribution in [2.24, 2.45) is 0 Å². The van der Waals surface area contributed by atoms with Crippen molar-refractivity contribution >= 4 is 22.2 Å². The van der Waals surface area contributed by atoms with Crippen molar-refractivity contribution in [2.75, 3.05) is 6.79 Å². The lowest BCUT2D eigenvalue weighted by atomic mass is 10.2. The van der Waals surface area contributed by atoms with Crippen LogP contribution in [-0.2, 0) is 11.3 Å². The maximum absolute atomic E-state index is 13.6. The zero-order chi connectivity index (χ0) is 14.4. The van der Waals surface area contributed by atoms with Gasteiger partial charge in [0.1, 0.15) is 5.75 Å². The standard InChI is InChI=1S/C15H12BrFO3/c16-13-6-7-14(12(8-18)15(13)17)20-10-19-9-11-4-2-1-3-5-11/h1-8H,9-10H2. The lowest BCUT2D eigenvalue weighted by Gasteiger charge is -2.10. The number of benzene rings is 2. The number of carbonyl (C=O) groups is 1. The van der Waals surface area contributed by atoms with Crippen molar-refractivity contribution in [3.63, 3.8) is 0 Å². The summed E-state index contributed by atoms with van der Waals surface area (Å²) in [5.74, 6) is -0.477. The predicted octanol–water partition coefficient (Wildman–Crippen LogP) is 3.95. The summed E-state index contributed by atoms with van der Waals surface area (Å²) in [6, 6.07) is 12.6. The van der Waals surface area contributed by atoms with Crippen molar-refractivity contribution in [3.8, 4) is 5.75 Å². The van der Waals surface area contributed by atoms with Crippen LogP contribution in [0.3, 0.4) is 0 Å². The summed E-state index contributed by atoms with van der Waals surface area (Å²) in [7, 11) is 0. The van der Waals surface area contributed by atoms with Gasteiger partial charge in [0, 0.05) is 0 Å². The van der Waals surface area contributed by atoms with Crippen LogP contribution in [0.5, 0.6) is 5.75 Å². The van der Waals surface area contributed by atoms with Crippen molar-refractivity contribution in [2.45, 2.75) is 6.61 Å². The highest BCUT2D eigenvalue weighted by Gasteiger charge is 2.12. The summed E-state index contributed by atoms with van der Waals surface area (Å²) in [5.41, 5.74) is 0.886. The van der Waals surface area contributed by atoms with E-state index in [0.29, 0.717) is 12.9 Å².